The van der Waals surface area contributed by atoms with Gasteiger partial charge in [-0.15, -0.1) is 0 Å². The highest BCUT2D eigenvalue weighted by Crippen LogP contribution is 2.31. The van der Waals surface area contributed by atoms with Gasteiger partial charge in [0.1, 0.15) is 0 Å². The molecule has 0 spiro atoms. The molecule has 2 aromatic carbocycles. The van der Waals surface area contributed by atoms with Crippen molar-refractivity contribution in [3.63, 3.8) is 0 Å². The van der Waals surface area contributed by atoms with E-state index in [1.54, 1.807) is 42.6 Å². The van der Waals surface area contributed by atoms with Gasteiger partial charge in [-0.25, -0.2) is 23.1 Å². The lowest BCUT2D eigenvalue weighted by Crippen LogP contribution is -2.19. The molecule has 208 valence electrons. The second-order valence-electron chi connectivity index (χ2n) is 9.88. The van der Waals surface area contributed by atoms with Crippen molar-refractivity contribution in [2.24, 2.45) is 5.92 Å². The van der Waals surface area contributed by atoms with Crippen LogP contribution in [0.2, 0.25) is 10.0 Å². The van der Waals surface area contributed by atoms with Crippen LogP contribution in [0.5, 0.6) is 0 Å². The zero-order valence-electron chi connectivity index (χ0n) is 22.1. The quantitative estimate of drug-likeness (QED) is 0.251. The van der Waals surface area contributed by atoms with E-state index in [1.165, 1.54) is 39.2 Å². The van der Waals surface area contributed by atoms with Crippen LogP contribution < -0.4 is 15.4 Å². The molecule has 4 rings (SSSR count). The minimum Gasteiger partial charge on any atom is -0.353 e. The minimum atomic E-state index is -3.60. The Balaban J connectivity index is 1.56. The fraction of sp³-hybridized carbons (Fsp3) is 0.393. The summed E-state index contributed by atoms with van der Waals surface area (Å²) in [5.74, 6) is 0.584. The molecule has 39 heavy (non-hydrogen) atoms. The number of benzene rings is 2. The van der Waals surface area contributed by atoms with Gasteiger partial charge in [0.25, 0.3) is 0 Å². The lowest BCUT2D eigenvalue weighted by Gasteiger charge is -2.22. The van der Waals surface area contributed by atoms with Gasteiger partial charge in [0, 0.05) is 5.69 Å². The average molecular weight is 591 g/mol. The predicted molar refractivity (Wildman–Crippen MR) is 156 cm³/mol. The van der Waals surface area contributed by atoms with E-state index in [1.807, 2.05) is 6.92 Å². The number of sulfonamides is 1. The zero-order chi connectivity index (χ0) is 28.0. The van der Waals surface area contributed by atoms with Crippen LogP contribution in [-0.2, 0) is 27.7 Å². The first-order valence-electron chi connectivity index (χ1n) is 13.1. The highest BCUT2D eigenvalue weighted by Gasteiger charge is 2.18. The third-order valence-corrected chi connectivity index (χ3v) is 9.19. The summed E-state index contributed by atoms with van der Waals surface area (Å²) in [4.78, 5) is 22.0. The fourth-order valence-corrected chi connectivity index (χ4v) is 5.84. The number of carbonyl (C=O) groups excluding carboxylic acids is 1. The molecular formula is C28H33Cl2N5O3S. The van der Waals surface area contributed by atoms with Crippen LogP contribution in [0.25, 0.3) is 0 Å². The van der Waals surface area contributed by atoms with Gasteiger partial charge in [0.15, 0.2) is 0 Å². The number of nitrogens with zero attached hydrogens (tertiary/aromatic N) is 2. The summed E-state index contributed by atoms with van der Waals surface area (Å²) >= 11 is 12.1. The van der Waals surface area contributed by atoms with Gasteiger partial charge in [-0.05, 0) is 68.1 Å². The van der Waals surface area contributed by atoms with E-state index in [9.17, 15) is 13.2 Å². The van der Waals surface area contributed by atoms with Gasteiger partial charge in [-0.2, -0.15) is 0 Å². The number of amides is 1. The number of anilines is 3. The SMILES string of the molecule is CNS(=O)(=O)c1ccc(C)c(Nc2cnc(NC(=O)Cc3ccc(Cl)c(Cl)c3)nc2CCC2CCCCC2)c1. The normalized spacial score (nSPS) is 14.3. The molecule has 0 aliphatic heterocycles. The van der Waals surface area contributed by atoms with E-state index in [0.717, 1.165) is 23.2 Å². The van der Waals surface area contributed by atoms with E-state index >= 15 is 0 Å². The van der Waals surface area contributed by atoms with Gasteiger partial charge >= 0.3 is 0 Å². The Labute approximate surface area is 240 Å². The van der Waals surface area contributed by atoms with Crippen LogP contribution in [0.15, 0.2) is 47.5 Å². The second-order valence-corrected chi connectivity index (χ2v) is 12.6. The molecule has 0 atom stereocenters. The summed E-state index contributed by atoms with van der Waals surface area (Å²) in [5.41, 5.74) is 3.69. The number of aryl methyl sites for hydroxylation is 2. The molecule has 3 N–H and O–H groups in total. The maximum Gasteiger partial charge on any atom is 0.240 e. The smallest absolute Gasteiger partial charge is 0.240 e. The maximum absolute atomic E-state index is 12.7. The third-order valence-electron chi connectivity index (χ3n) is 7.04. The molecule has 0 radical (unpaired) electrons. The van der Waals surface area contributed by atoms with Crippen molar-refractivity contribution in [2.75, 3.05) is 17.7 Å². The first-order chi connectivity index (χ1) is 18.6. The first-order valence-corrected chi connectivity index (χ1v) is 15.3. The topological polar surface area (TPSA) is 113 Å². The molecule has 11 heteroatoms. The van der Waals surface area contributed by atoms with Crippen molar-refractivity contribution in [1.82, 2.24) is 14.7 Å². The van der Waals surface area contributed by atoms with Crippen LogP contribution in [0, 0.1) is 12.8 Å². The van der Waals surface area contributed by atoms with E-state index in [-0.39, 0.29) is 23.2 Å². The summed E-state index contributed by atoms with van der Waals surface area (Å²) in [5, 5.41) is 6.95. The standard InChI is InChI=1S/C28H33Cl2N5O3S/c1-18-8-11-21(39(37,38)31-2)16-25(18)33-26-17-32-28(34-24(26)13-10-19-6-4-3-5-7-19)35-27(36)15-20-9-12-22(29)23(30)14-20/h8-9,11-12,14,16-17,19,31,33H,3-7,10,13,15H2,1-2H3,(H,32,34,35,36). The highest BCUT2D eigenvalue weighted by atomic mass is 35.5. The van der Waals surface area contributed by atoms with Crippen LogP contribution in [0.3, 0.4) is 0 Å². The van der Waals surface area contributed by atoms with Crippen molar-refractivity contribution in [3.8, 4) is 0 Å². The molecule has 3 aromatic rings. The van der Waals surface area contributed by atoms with E-state index in [4.69, 9.17) is 28.2 Å². The minimum absolute atomic E-state index is 0.101. The molecule has 1 amide bonds. The summed E-state index contributed by atoms with van der Waals surface area (Å²) < 4.78 is 27.1. The molecule has 0 bridgehead atoms. The molecule has 8 nitrogen and oxygen atoms in total. The monoisotopic (exact) mass is 589 g/mol. The van der Waals surface area contributed by atoms with Crippen molar-refractivity contribution < 1.29 is 13.2 Å². The van der Waals surface area contributed by atoms with E-state index < -0.39 is 10.0 Å². The Morgan fingerprint density at radius 2 is 1.79 bits per heavy atom. The fourth-order valence-electron chi connectivity index (χ4n) is 4.76. The zero-order valence-corrected chi connectivity index (χ0v) is 24.4. The summed E-state index contributed by atoms with van der Waals surface area (Å²) in [6.45, 7) is 1.90. The van der Waals surface area contributed by atoms with Gasteiger partial charge in [0.2, 0.25) is 21.9 Å². The van der Waals surface area contributed by atoms with Gasteiger partial charge in [-0.1, -0.05) is 67.4 Å². The lowest BCUT2D eigenvalue weighted by molar-refractivity contribution is -0.115. The summed E-state index contributed by atoms with van der Waals surface area (Å²) in [6.07, 6.45) is 9.64. The molecule has 0 saturated heterocycles. The van der Waals surface area contributed by atoms with E-state index in [2.05, 4.69) is 20.3 Å². The Morgan fingerprint density at radius 1 is 1.03 bits per heavy atom. The van der Waals surface area contributed by atoms with Gasteiger partial charge < -0.3 is 5.32 Å². The van der Waals surface area contributed by atoms with Crippen LogP contribution >= 0.6 is 23.2 Å². The van der Waals surface area contributed by atoms with Crippen LogP contribution in [-0.4, -0.2) is 31.3 Å². The van der Waals surface area contributed by atoms with Crippen molar-refractivity contribution >= 4 is 56.5 Å². The van der Waals surface area contributed by atoms with Crippen molar-refractivity contribution in [3.05, 3.63) is 69.5 Å². The van der Waals surface area contributed by atoms with Crippen LogP contribution in [0.4, 0.5) is 17.3 Å². The van der Waals surface area contributed by atoms with Gasteiger partial charge in [0.05, 0.1) is 38.9 Å². The lowest BCUT2D eigenvalue weighted by atomic mass is 9.85. The molecule has 1 fully saturated rings. The van der Waals surface area contributed by atoms with Crippen molar-refractivity contribution in [1.29, 1.82) is 0 Å². The predicted octanol–water partition coefficient (Wildman–Crippen LogP) is 6.44. The maximum atomic E-state index is 12.7. The van der Waals surface area contributed by atoms with Crippen LogP contribution in [0.1, 0.15) is 55.3 Å². The number of hydrogen-bond acceptors (Lipinski definition) is 6. The Kier molecular flexibility index (Phi) is 9.82. The summed E-state index contributed by atoms with van der Waals surface area (Å²) in [7, 11) is -2.22. The number of nitrogens with one attached hydrogen (secondary N) is 3. The number of hydrogen-bond donors (Lipinski definition) is 3. The molecule has 1 aliphatic rings. The first kappa shape index (κ1) is 29.3. The molecule has 1 saturated carbocycles. The Hall–Kier alpha value is -2.72. The number of aromatic nitrogens is 2. The Morgan fingerprint density at radius 3 is 2.51 bits per heavy atom. The molecule has 1 aromatic heterocycles. The second kappa shape index (κ2) is 13.1. The number of halogens is 2. The van der Waals surface area contributed by atoms with Gasteiger partial charge in [-0.3, -0.25) is 10.1 Å². The molecule has 1 aliphatic carbocycles. The largest absolute Gasteiger partial charge is 0.353 e. The van der Waals surface area contributed by atoms with Crippen molar-refractivity contribution in [2.45, 2.75) is 63.2 Å². The average Bonchev–Trinajstić information content (AvgIpc) is 2.92. The summed E-state index contributed by atoms with van der Waals surface area (Å²) in [6, 6.07) is 10.00. The van der Waals surface area contributed by atoms with E-state index in [0.29, 0.717) is 33.8 Å². The number of rotatable bonds is 10. The highest BCUT2D eigenvalue weighted by molar-refractivity contribution is 7.89. The molecule has 1 heterocycles. The molecule has 0 unspecified atom stereocenters. The third kappa shape index (κ3) is 7.91. The Bertz CT molecular complexity index is 1440. The number of carbonyl (C=O) groups is 1. The molecular weight excluding hydrogens is 557 g/mol.